The number of ether oxygens (including phenoxy) is 8. The number of methoxy groups -OCH3 is 1. The fraction of sp³-hybridized carbons (Fsp3) is 0.640. The molecule has 0 aromatic heterocycles. The van der Waals surface area contributed by atoms with Crippen molar-refractivity contribution < 1.29 is 71.5 Å². The van der Waals surface area contributed by atoms with Gasteiger partial charge in [-0.25, -0.2) is 4.79 Å². The summed E-state index contributed by atoms with van der Waals surface area (Å²) in [5.74, 6) is -9.33. The van der Waals surface area contributed by atoms with Crippen molar-refractivity contribution in [3.63, 3.8) is 0 Å². The van der Waals surface area contributed by atoms with E-state index in [1.807, 2.05) is 0 Å². The van der Waals surface area contributed by atoms with E-state index in [-0.39, 0.29) is 0 Å². The molecule has 1 aliphatic heterocycles. The molecule has 16 heteroatoms. The average Bonchev–Trinajstić information content (AvgIpc) is 2.85. The van der Waals surface area contributed by atoms with E-state index in [4.69, 9.17) is 37.9 Å². The van der Waals surface area contributed by atoms with Crippen LogP contribution in [0.25, 0.3) is 0 Å². The number of hydrogen-bond donors (Lipinski definition) is 1. The standard InChI is InChI=1S/C25H35NO15/c1-9-10-36-25(24(33)34-8)23(40-17(7)32)22(39-16(6)31)19(26-12(2)27)21(41-25)20(38-15(5)30)18(37-14(4)29)11-35-13(3)28/h9,18-23H,1,10-11H2,2-8H3,(H,26,27)/t18-,19+,20-,21-,22-,23-,25-/m1/s1. The third-order valence-electron chi connectivity index (χ3n) is 5.30. The highest BCUT2D eigenvalue weighted by Crippen LogP contribution is 2.39. The summed E-state index contributed by atoms with van der Waals surface area (Å²) in [4.78, 5) is 85.9. The Morgan fingerprint density at radius 1 is 0.878 bits per heavy atom. The van der Waals surface area contributed by atoms with Crippen molar-refractivity contribution in [3.8, 4) is 0 Å². The molecule has 0 bridgehead atoms. The van der Waals surface area contributed by atoms with Gasteiger partial charge < -0.3 is 43.2 Å². The van der Waals surface area contributed by atoms with Crippen LogP contribution in [-0.2, 0) is 71.5 Å². The highest BCUT2D eigenvalue weighted by Gasteiger charge is 2.67. The lowest BCUT2D eigenvalue weighted by molar-refractivity contribution is -0.347. The lowest BCUT2D eigenvalue weighted by Crippen LogP contribution is -2.76. The minimum Gasteiger partial charge on any atom is -0.465 e. The molecule has 0 aliphatic carbocycles. The van der Waals surface area contributed by atoms with Gasteiger partial charge in [0.1, 0.15) is 12.7 Å². The fourth-order valence-electron chi connectivity index (χ4n) is 4.07. The minimum absolute atomic E-state index is 0.420. The van der Waals surface area contributed by atoms with E-state index >= 15 is 0 Å². The SMILES string of the molecule is C=CCO[C@@]1(C(=O)OC)O[C@@H]([C@H](OC(C)=O)[C@@H](COC(C)=O)OC(C)=O)[C@H](NC(C)=O)[C@@H](OC(C)=O)[C@H]1OC(C)=O. The first-order chi connectivity index (χ1) is 19.1. The predicted octanol–water partition coefficient (Wildman–Crippen LogP) is -0.748. The third-order valence-corrected chi connectivity index (χ3v) is 5.30. The number of rotatable bonds is 13. The molecule has 1 aliphatic rings. The van der Waals surface area contributed by atoms with Crippen LogP contribution in [0.2, 0.25) is 0 Å². The Morgan fingerprint density at radius 3 is 1.90 bits per heavy atom. The number of carbonyl (C=O) groups is 7. The van der Waals surface area contributed by atoms with Gasteiger partial charge in [0.05, 0.1) is 19.8 Å². The summed E-state index contributed by atoms with van der Waals surface area (Å²) in [6.45, 7) is 8.55. The maximum atomic E-state index is 13.3. The van der Waals surface area contributed by atoms with Gasteiger partial charge in [-0.05, 0) is 0 Å². The maximum Gasteiger partial charge on any atom is 0.370 e. The zero-order chi connectivity index (χ0) is 31.5. The van der Waals surface area contributed by atoms with Crippen LogP contribution in [-0.4, -0.2) is 104 Å². The highest BCUT2D eigenvalue weighted by atomic mass is 16.8. The van der Waals surface area contributed by atoms with E-state index in [1.54, 1.807) is 0 Å². The molecule has 41 heavy (non-hydrogen) atoms. The second-order valence-electron chi connectivity index (χ2n) is 8.70. The Labute approximate surface area is 235 Å². The molecule has 0 aromatic rings. The first-order valence-electron chi connectivity index (χ1n) is 12.2. The van der Waals surface area contributed by atoms with Crippen LogP contribution in [0.5, 0.6) is 0 Å². The minimum atomic E-state index is -2.73. The molecule has 1 amide bonds. The van der Waals surface area contributed by atoms with Crippen LogP contribution in [0.3, 0.4) is 0 Å². The molecule has 0 radical (unpaired) electrons. The van der Waals surface area contributed by atoms with E-state index in [0.717, 1.165) is 48.7 Å². The Bertz CT molecular complexity index is 1010. The van der Waals surface area contributed by atoms with Crippen molar-refractivity contribution in [2.24, 2.45) is 0 Å². The number of esters is 6. The van der Waals surface area contributed by atoms with Crippen molar-refractivity contribution in [2.45, 2.75) is 83.9 Å². The van der Waals surface area contributed by atoms with Gasteiger partial charge in [0.15, 0.2) is 18.3 Å². The third kappa shape index (κ3) is 9.82. The summed E-state index contributed by atoms with van der Waals surface area (Å²) in [6, 6.07) is -1.56. The molecule has 0 unspecified atom stereocenters. The van der Waals surface area contributed by atoms with Crippen LogP contribution in [0, 0.1) is 0 Å². The Morgan fingerprint density at radius 2 is 1.46 bits per heavy atom. The normalized spacial score (nSPS) is 24.9. The predicted molar refractivity (Wildman–Crippen MR) is 132 cm³/mol. The van der Waals surface area contributed by atoms with Crippen molar-refractivity contribution in [1.29, 1.82) is 0 Å². The van der Waals surface area contributed by atoms with Gasteiger partial charge in [-0.15, -0.1) is 6.58 Å². The zero-order valence-electron chi connectivity index (χ0n) is 23.8. The van der Waals surface area contributed by atoms with Gasteiger partial charge in [0.2, 0.25) is 12.0 Å². The summed E-state index contributed by atoms with van der Waals surface area (Å²) in [5.41, 5.74) is 0. The molecule has 0 spiro atoms. The van der Waals surface area contributed by atoms with Crippen LogP contribution in [0.1, 0.15) is 41.5 Å². The lowest BCUT2D eigenvalue weighted by atomic mass is 9.85. The van der Waals surface area contributed by atoms with Crippen LogP contribution in [0.4, 0.5) is 0 Å². The average molecular weight is 590 g/mol. The highest BCUT2D eigenvalue weighted by molar-refractivity contribution is 5.81. The van der Waals surface area contributed by atoms with Crippen LogP contribution in [0.15, 0.2) is 12.7 Å². The smallest absolute Gasteiger partial charge is 0.370 e. The number of nitrogens with one attached hydrogen (secondary N) is 1. The van der Waals surface area contributed by atoms with E-state index in [0.29, 0.717) is 0 Å². The first kappa shape index (κ1) is 35.0. The Kier molecular flexibility index (Phi) is 13.4. The van der Waals surface area contributed by atoms with Gasteiger partial charge in [0.25, 0.3) is 0 Å². The Hall–Kier alpha value is -4.05. The number of carbonyl (C=O) groups excluding carboxylic acids is 7. The van der Waals surface area contributed by atoms with E-state index in [9.17, 15) is 33.6 Å². The molecule has 0 saturated carbocycles. The first-order valence-corrected chi connectivity index (χ1v) is 12.2. The van der Waals surface area contributed by atoms with Gasteiger partial charge in [-0.2, -0.15) is 0 Å². The molecule has 1 rings (SSSR count). The van der Waals surface area contributed by atoms with Crippen LogP contribution < -0.4 is 5.32 Å². The fourth-order valence-corrected chi connectivity index (χ4v) is 4.07. The van der Waals surface area contributed by atoms with Gasteiger partial charge in [0, 0.05) is 41.5 Å². The van der Waals surface area contributed by atoms with Gasteiger partial charge >= 0.3 is 41.6 Å². The maximum absolute atomic E-state index is 13.3. The largest absolute Gasteiger partial charge is 0.465 e. The van der Waals surface area contributed by atoms with Gasteiger partial charge in [-0.1, -0.05) is 6.08 Å². The molecule has 230 valence electrons. The Balaban J connectivity index is 4.08. The van der Waals surface area contributed by atoms with Gasteiger partial charge in [-0.3, -0.25) is 28.8 Å². The molecular weight excluding hydrogens is 554 g/mol. The second kappa shape index (κ2) is 15.7. The summed E-state index contributed by atoms with van der Waals surface area (Å²) in [7, 11) is 0.956. The second-order valence-corrected chi connectivity index (χ2v) is 8.70. The molecule has 1 fully saturated rings. The molecule has 0 aromatic carbocycles. The van der Waals surface area contributed by atoms with E-state index in [1.165, 1.54) is 6.08 Å². The topological polar surface area (TPSA) is 205 Å². The number of hydrogen-bond acceptors (Lipinski definition) is 15. The summed E-state index contributed by atoms with van der Waals surface area (Å²) in [5, 5.41) is 2.47. The molecule has 7 atom stereocenters. The van der Waals surface area contributed by atoms with E-state index < -0.39 is 97.3 Å². The van der Waals surface area contributed by atoms with E-state index in [2.05, 4.69) is 11.9 Å². The number of amides is 1. The summed E-state index contributed by atoms with van der Waals surface area (Å²) < 4.78 is 43.1. The quantitative estimate of drug-likeness (QED) is 0.159. The molecule has 16 nitrogen and oxygen atoms in total. The summed E-state index contributed by atoms with van der Waals surface area (Å²) in [6.07, 6.45) is -7.60. The lowest BCUT2D eigenvalue weighted by Gasteiger charge is -2.51. The van der Waals surface area contributed by atoms with Crippen molar-refractivity contribution in [1.82, 2.24) is 5.32 Å². The monoisotopic (exact) mass is 589 g/mol. The summed E-state index contributed by atoms with van der Waals surface area (Å²) >= 11 is 0. The van der Waals surface area contributed by atoms with Crippen LogP contribution >= 0.6 is 0 Å². The van der Waals surface area contributed by atoms with Crippen molar-refractivity contribution >= 4 is 41.7 Å². The molecule has 1 N–H and O–H groups in total. The van der Waals surface area contributed by atoms with Crippen molar-refractivity contribution in [3.05, 3.63) is 12.7 Å². The van der Waals surface area contributed by atoms with Crippen molar-refractivity contribution in [2.75, 3.05) is 20.3 Å². The molecular formula is C25H35NO15. The molecule has 1 heterocycles. The zero-order valence-corrected chi connectivity index (χ0v) is 23.8. The molecule has 1 saturated heterocycles.